The molecule has 0 aromatic heterocycles. The highest BCUT2D eigenvalue weighted by Gasteiger charge is 1.83. The normalized spacial score (nSPS) is 11.6. The molecule has 0 bridgehead atoms. The highest BCUT2D eigenvalue weighted by atomic mass is 15.0. The lowest BCUT2D eigenvalue weighted by Gasteiger charge is -2.03. The van der Waals surface area contributed by atoms with Crippen LogP contribution in [0.1, 0.15) is 32.6 Å². The Kier molecular flexibility index (Phi) is 7.59. The number of unbranched alkanes of at least 4 members (excludes halogenated alkanes) is 3. The fraction of sp³-hybridized carbons (Fsp3) is 0.800. The van der Waals surface area contributed by atoms with Crippen LogP contribution in [0.3, 0.4) is 0 Å². The van der Waals surface area contributed by atoms with E-state index in [2.05, 4.69) is 38.1 Å². The maximum Gasteiger partial charge on any atom is 0.0157 e. The Bertz CT molecular complexity index is 95.0. The first-order valence-electron chi connectivity index (χ1n) is 4.57. The summed E-state index contributed by atoms with van der Waals surface area (Å²) in [6.45, 7) is 3.32. The molecule has 0 fully saturated rings. The molecule has 0 unspecified atom stereocenters. The lowest BCUT2D eigenvalue weighted by Crippen LogP contribution is -2.10. The van der Waals surface area contributed by atoms with Crippen molar-refractivity contribution in [2.45, 2.75) is 32.6 Å². The summed E-state index contributed by atoms with van der Waals surface area (Å²) in [4.78, 5) is 2.18. The molecule has 0 aliphatic rings. The van der Waals surface area contributed by atoms with Gasteiger partial charge in [-0.2, -0.15) is 0 Å². The van der Waals surface area contributed by atoms with E-state index < -0.39 is 0 Å². The van der Waals surface area contributed by atoms with Crippen LogP contribution in [0.15, 0.2) is 12.2 Å². The van der Waals surface area contributed by atoms with E-state index in [1.54, 1.807) is 0 Å². The zero-order valence-electron chi connectivity index (χ0n) is 8.14. The summed E-state index contributed by atoms with van der Waals surface area (Å²) >= 11 is 0. The molecule has 0 N–H and O–H groups in total. The van der Waals surface area contributed by atoms with E-state index in [4.69, 9.17) is 0 Å². The molecule has 1 heteroatoms. The number of hydrogen-bond acceptors (Lipinski definition) is 1. The lowest BCUT2D eigenvalue weighted by molar-refractivity contribution is 0.456. The van der Waals surface area contributed by atoms with Crippen LogP contribution in [0.5, 0.6) is 0 Å². The van der Waals surface area contributed by atoms with E-state index in [-0.39, 0.29) is 0 Å². The molecule has 1 nitrogen and oxygen atoms in total. The molecule has 0 amide bonds. The fourth-order valence-electron chi connectivity index (χ4n) is 0.915. The maximum atomic E-state index is 2.29. The maximum absolute atomic E-state index is 2.29. The highest BCUT2D eigenvalue weighted by molar-refractivity contribution is 4.83. The van der Waals surface area contributed by atoms with Crippen molar-refractivity contribution in [3.8, 4) is 0 Å². The van der Waals surface area contributed by atoms with Crippen LogP contribution in [0.4, 0.5) is 0 Å². The third-order valence-electron chi connectivity index (χ3n) is 1.61. The second-order valence-corrected chi connectivity index (χ2v) is 3.23. The van der Waals surface area contributed by atoms with Gasteiger partial charge in [0.15, 0.2) is 0 Å². The molecule has 0 atom stereocenters. The van der Waals surface area contributed by atoms with Crippen LogP contribution < -0.4 is 0 Å². The predicted octanol–water partition coefficient (Wildman–Crippen LogP) is 2.68. The van der Waals surface area contributed by atoms with Gasteiger partial charge < -0.3 is 4.90 Å². The smallest absolute Gasteiger partial charge is 0.0157 e. The van der Waals surface area contributed by atoms with Crippen LogP contribution >= 0.6 is 0 Å². The van der Waals surface area contributed by atoms with Gasteiger partial charge in [0.2, 0.25) is 0 Å². The van der Waals surface area contributed by atoms with Gasteiger partial charge in [0.25, 0.3) is 0 Å². The van der Waals surface area contributed by atoms with Crippen LogP contribution in [-0.4, -0.2) is 25.5 Å². The van der Waals surface area contributed by atoms with Gasteiger partial charge in [-0.15, -0.1) is 0 Å². The summed E-state index contributed by atoms with van der Waals surface area (Å²) in [7, 11) is 4.19. The van der Waals surface area contributed by atoms with E-state index in [0.29, 0.717) is 0 Å². The zero-order valence-corrected chi connectivity index (χ0v) is 8.14. The van der Waals surface area contributed by atoms with Crippen molar-refractivity contribution in [2.24, 2.45) is 0 Å². The van der Waals surface area contributed by atoms with Gasteiger partial charge in [0.05, 0.1) is 0 Å². The monoisotopic (exact) mass is 155 g/mol. The van der Waals surface area contributed by atoms with E-state index in [1.165, 1.54) is 25.7 Å². The molecule has 0 radical (unpaired) electrons. The fourth-order valence-corrected chi connectivity index (χ4v) is 0.915. The standard InChI is InChI=1S/C10H21N/c1-4-5-6-7-8-9-10-11(2)3/h8-9H,4-7,10H2,1-3H3/b9-8+. The molecule has 0 rings (SSSR count). The van der Waals surface area contributed by atoms with Gasteiger partial charge >= 0.3 is 0 Å². The van der Waals surface area contributed by atoms with Crippen molar-refractivity contribution in [2.75, 3.05) is 20.6 Å². The highest BCUT2D eigenvalue weighted by Crippen LogP contribution is 1.99. The Morgan fingerprint density at radius 2 is 1.82 bits per heavy atom. The van der Waals surface area contributed by atoms with E-state index in [0.717, 1.165) is 6.54 Å². The molecule has 11 heavy (non-hydrogen) atoms. The first-order valence-corrected chi connectivity index (χ1v) is 4.57. The van der Waals surface area contributed by atoms with Crippen molar-refractivity contribution >= 4 is 0 Å². The third kappa shape index (κ3) is 9.70. The first-order chi connectivity index (χ1) is 5.27. The van der Waals surface area contributed by atoms with Gasteiger partial charge in [-0.1, -0.05) is 31.9 Å². The summed E-state index contributed by atoms with van der Waals surface area (Å²) in [5.41, 5.74) is 0. The summed E-state index contributed by atoms with van der Waals surface area (Å²) in [5.74, 6) is 0. The average Bonchev–Trinajstić information content (AvgIpc) is 1.96. The Hall–Kier alpha value is -0.300. The molecule has 0 aromatic carbocycles. The lowest BCUT2D eigenvalue weighted by atomic mass is 10.2. The minimum Gasteiger partial charge on any atom is -0.306 e. The molecule has 0 aromatic rings. The third-order valence-corrected chi connectivity index (χ3v) is 1.61. The molecule has 66 valence electrons. The Morgan fingerprint density at radius 1 is 1.09 bits per heavy atom. The Balaban J connectivity index is 3.03. The van der Waals surface area contributed by atoms with Gasteiger partial charge in [-0.25, -0.2) is 0 Å². The van der Waals surface area contributed by atoms with Crippen LogP contribution in [0.25, 0.3) is 0 Å². The van der Waals surface area contributed by atoms with Crippen molar-refractivity contribution in [1.29, 1.82) is 0 Å². The van der Waals surface area contributed by atoms with Gasteiger partial charge in [0.1, 0.15) is 0 Å². The van der Waals surface area contributed by atoms with Crippen molar-refractivity contribution in [1.82, 2.24) is 4.90 Å². The topological polar surface area (TPSA) is 3.24 Å². The molecule has 0 heterocycles. The largest absolute Gasteiger partial charge is 0.306 e. The van der Waals surface area contributed by atoms with Crippen molar-refractivity contribution in [3.63, 3.8) is 0 Å². The van der Waals surface area contributed by atoms with Crippen molar-refractivity contribution < 1.29 is 0 Å². The van der Waals surface area contributed by atoms with Gasteiger partial charge in [0, 0.05) is 6.54 Å². The quantitative estimate of drug-likeness (QED) is 0.421. The molecule has 0 spiro atoms. The first kappa shape index (κ1) is 10.7. The molecular weight excluding hydrogens is 134 g/mol. The predicted molar refractivity (Wildman–Crippen MR) is 51.8 cm³/mol. The summed E-state index contributed by atoms with van der Waals surface area (Å²) in [6.07, 6.45) is 9.82. The molecule has 0 aliphatic heterocycles. The molecule has 0 aliphatic carbocycles. The van der Waals surface area contributed by atoms with E-state index in [1.807, 2.05) is 0 Å². The minimum absolute atomic E-state index is 1.08. The summed E-state index contributed by atoms with van der Waals surface area (Å²) in [6, 6.07) is 0. The summed E-state index contributed by atoms with van der Waals surface area (Å²) < 4.78 is 0. The second kappa shape index (κ2) is 7.80. The van der Waals surface area contributed by atoms with Crippen molar-refractivity contribution in [3.05, 3.63) is 12.2 Å². The minimum atomic E-state index is 1.08. The number of allylic oxidation sites excluding steroid dienone is 1. The molecule has 0 saturated carbocycles. The summed E-state index contributed by atoms with van der Waals surface area (Å²) in [5, 5.41) is 0. The van der Waals surface area contributed by atoms with Crippen LogP contribution in [0.2, 0.25) is 0 Å². The second-order valence-electron chi connectivity index (χ2n) is 3.23. The van der Waals surface area contributed by atoms with Gasteiger partial charge in [-0.05, 0) is 26.9 Å². The Labute approximate surface area is 71.1 Å². The zero-order chi connectivity index (χ0) is 8.53. The Morgan fingerprint density at radius 3 is 2.36 bits per heavy atom. The SMILES string of the molecule is CCCCC/C=C/CN(C)C. The number of hydrogen-bond donors (Lipinski definition) is 0. The van der Waals surface area contributed by atoms with Crippen LogP contribution in [0, 0.1) is 0 Å². The number of likely N-dealkylation sites (N-methyl/N-ethyl adjacent to an activating group) is 1. The average molecular weight is 155 g/mol. The molecule has 0 saturated heterocycles. The van der Waals surface area contributed by atoms with Crippen LogP contribution in [-0.2, 0) is 0 Å². The van der Waals surface area contributed by atoms with Gasteiger partial charge in [-0.3, -0.25) is 0 Å². The van der Waals surface area contributed by atoms with E-state index >= 15 is 0 Å². The van der Waals surface area contributed by atoms with E-state index in [9.17, 15) is 0 Å². The number of nitrogens with zero attached hydrogens (tertiary/aromatic N) is 1. The number of rotatable bonds is 6. The molecular formula is C10H21N.